The average molecular weight is 314 g/mol. The van der Waals surface area contributed by atoms with Crippen LogP contribution >= 0.6 is 0 Å². The molecule has 3 aliphatic rings. The molecule has 4 atom stereocenters. The molecule has 21 heavy (non-hydrogen) atoms. The second-order valence-electron chi connectivity index (χ2n) is 7.08. The normalized spacial score (nSPS) is 36.1. The van der Waals surface area contributed by atoms with E-state index in [2.05, 4.69) is 4.72 Å². The number of fused-ring (bicyclic) bond motifs is 2. The fraction of sp³-hybridized carbons (Fsp3) is 0.933. The fourth-order valence-corrected chi connectivity index (χ4v) is 5.01. The van der Waals surface area contributed by atoms with E-state index in [9.17, 15) is 13.2 Å². The molecule has 1 aliphatic heterocycles. The van der Waals surface area contributed by atoms with Crippen molar-refractivity contribution in [2.24, 2.45) is 17.8 Å². The first-order chi connectivity index (χ1) is 9.94. The minimum absolute atomic E-state index is 0.0418. The van der Waals surface area contributed by atoms with Crippen LogP contribution in [0.5, 0.6) is 0 Å². The van der Waals surface area contributed by atoms with Crippen LogP contribution in [-0.2, 0) is 14.8 Å². The van der Waals surface area contributed by atoms with Crippen molar-refractivity contribution in [2.75, 3.05) is 19.3 Å². The molecule has 3 rings (SSSR count). The molecule has 1 heterocycles. The lowest BCUT2D eigenvalue weighted by molar-refractivity contribution is -0.140. The summed E-state index contributed by atoms with van der Waals surface area (Å²) in [5.41, 5.74) is 0. The predicted molar refractivity (Wildman–Crippen MR) is 81.1 cm³/mol. The Hall–Kier alpha value is -0.620. The lowest BCUT2D eigenvalue weighted by Crippen LogP contribution is -2.51. The quantitative estimate of drug-likeness (QED) is 0.852. The Morgan fingerprint density at radius 3 is 2.62 bits per heavy atom. The number of piperidine rings is 1. The third kappa shape index (κ3) is 3.42. The molecular weight excluding hydrogens is 288 g/mol. The minimum atomic E-state index is -3.19. The minimum Gasteiger partial charge on any atom is -0.338 e. The molecule has 4 unspecified atom stereocenters. The number of rotatable bonds is 4. The van der Waals surface area contributed by atoms with Crippen molar-refractivity contribution in [1.29, 1.82) is 0 Å². The van der Waals surface area contributed by atoms with Crippen LogP contribution in [0.2, 0.25) is 0 Å². The van der Waals surface area contributed by atoms with Gasteiger partial charge in [-0.15, -0.1) is 0 Å². The summed E-state index contributed by atoms with van der Waals surface area (Å²) < 4.78 is 25.2. The average Bonchev–Trinajstić information content (AvgIpc) is 3.06. The molecule has 0 aromatic rings. The first kappa shape index (κ1) is 15.3. The molecule has 0 aromatic heterocycles. The molecule has 1 saturated heterocycles. The second-order valence-corrected chi connectivity index (χ2v) is 8.92. The maximum atomic E-state index is 12.9. The first-order valence-electron chi connectivity index (χ1n) is 8.19. The molecule has 0 aromatic carbocycles. The Morgan fingerprint density at radius 1 is 1.19 bits per heavy atom. The van der Waals surface area contributed by atoms with Crippen LogP contribution in [-0.4, -0.2) is 44.6 Å². The molecule has 6 heteroatoms. The number of carbonyl (C=O) groups is 1. The highest BCUT2D eigenvalue weighted by Crippen LogP contribution is 2.49. The molecule has 0 spiro atoms. The SMILES string of the molecule is CS(=O)(=O)NCC1CCCCN1C(=O)C1CC2CCC1C2. The zero-order chi connectivity index (χ0) is 15.0. The van der Waals surface area contributed by atoms with Gasteiger partial charge in [-0.3, -0.25) is 4.79 Å². The van der Waals surface area contributed by atoms with E-state index >= 15 is 0 Å². The largest absolute Gasteiger partial charge is 0.338 e. The van der Waals surface area contributed by atoms with Crippen LogP contribution in [0.1, 0.15) is 44.9 Å². The summed E-state index contributed by atoms with van der Waals surface area (Å²) in [5.74, 6) is 1.86. The first-order valence-corrected chi connectivity index (χ1v) is 10.1. The Bertz CT molecular complexity index is 505. The summed E-state index contributed by atoms with van der Waals surface area (Å²) in [6.07, 6.45) is 9.02. The lowest BCUT2D eigenvalue weighted by atomic mass is 9.86. The molecule has 2 saturated carbocycles. The molecular formula is C15H26N2O3S. The van der Waals surface area contributed by atoms with Gasteiger partial charge >= 0.3 is 0 Å². The molecule has 1 amide bonds. The van der Waals surface area contributed by atoms with Crippen LogP contribution in [0.25, 0.3) is 0 Å². The number of hydrogen-bond acceptors (Lipinski definition) is 3. The molecule has 2 aliphatic carbocycles. The summed E-state index contributed by atoms with van der Waals surface area (Å²) in [5, 5.41) is 0. The fourth-order valence-electron chi connectivity index (χ4n) is 4.51. The Labute approximate surface area is 127 Å². The molecule has 0 radical (unpaired) electrons. The Balaban J connectivity index is 1.64. The standard InChI is InChI=1S/C15H26N2O3S/c1-21(19,20)16-10-13-4-2-3-7-17(13)15(18)14-9-11-5-6-12(14)8-11/h11-14,16H,2-10H2,1H3. The topological polar surface area (TPSA) is 66.5 Å². The zero-order valence-corrected chi connectivity index (χ0v) is 13.6. The molecule has 3 fully saturated rings. The van der Waals surface area contributed by atoms with Crippen molar-refractivity contribution in [3.8, 4) is 0 Å². The van der Waals surface area contributed by atoms with Crippen LogP contribution in [0.15, 0.2) is 0 Å². The second kappa shape index (κ2) is 5.88. The third-order valence-corrected chi connectivity index (χ3v) is 6.24. The van der Waals surface area contributed by atoms with E-state index in [0.717, 1.165) is 38.1 Å². The van der Waals surface area contributed by atoms with Gasteiger partial charge < -0.3 is 4.90 Å². The van der Waals surface area contributed by atoms with Crippen LogP contribution < -0.4 is 4.72 Å². The van der Waals surface area contributed by atoms with Gasteiger partial charge in [0.15, 0.2) is 0 Å². The summed E-state index contributed by atoms with van der Waals surface area (Å²) in [7, 11) is -3.19. The Kier molecular flexibility index (Phi) is 4.28. The van der Waals surface area contributed by atoms with E-state index in [0.29, 0.717) is 18.4 Å². The number of likely N-dealkylation sites (tertiary alicyclic amines) is 1. The van der Waals surface area contributed by atoms with Gasteiger partial charge in [-0.25, -0.2) is 13.1 Å². The van der Waals surface area contributed by atoms with Gasteiger partial charge in [0.2, 0.25) is 15.9 Å². The zero-order valence-electron chi connectivity index (χ0n) is 12.8. The van der Waals surface area contributed by atoms with E-state index in [4.69, 9.17) is 0 Å². The van der Waals surface area contributed by atoms with Gasteiger partial charge in [0, 0.05) is 25.0 Å². The van der Waals surface area contributed by atoms with E-state index in [-0.39, 0.29) is 12.0 Å². The highest BCUT2D eigenvalue weighted by Gasteiger charge is 2.45. The van der Waals surface area contributed by atoms with Crippen molar-refractivity contribution in [1.82, 2.24) is 9.62 Å². The van der Waals surface area contributed by atoms with Gasteiger partial charge in [0.1, 0.15) is 0 Å². The van der Waals surface area contributed by atoms with Gasteiger partial charge in [-0.1, -0.05) is 6.42 Å². The van der Waals surface area contributed by atoms with Crippen molar-refractivity contribution < 1.29 is 13.2 Å². The number of nitrogens with one attached hydrogen (secondary N) is 1. The highest BCUT2D eigenvalue weighted by atomic mass is 32.2. The number of amides is 1. The lowest BCUT2D eigenvalue weighted by Gasteiger charge is -2.38. The van der Waals surface area contributed by atoms with E-state index < -0.39 is 10.0 Å². The van der Waals surface area contributed by atoms with Gasteiger partial charge in [-0.2, -0.15) is 0 Å². The summed E-state index contributed by atoms with van der Waals surface area (Å²) in [4.78, 5) is 14.9. The summed E-state index contributed by atoms with van der Waals surface area (Å²) >= 11 is 0. The number of carbonyl (C=O) groups excluding carboxylic acids is 1. The van der Waals surface area contributed by atoms with E-state index in [1.165, 1.54) is 25.5 Å². The van der Waals surface area contributed by atoms with Gasteiger partial charge in [0.25, 0.3) is 0 Å². The maximum Gasteiger partial charge on any atom is 0.226 e. The number of sulfonamides is 1. The van der Waals surface area contributed by atoms with Gasteiger partial charge in [-0.05, 0) is 50.4 Å². The van der Waals surface area contributed by atoms with Crippen molar-refractivity contribution in [3.05, 3.63) is 0 Å². The van der Waals surface area contributed by atoms with Crippen LogP contribution in [0.3, 0.4) is 0 Å². The van der Waals surface area contributed by atoms with Gasteiger partial charge in [0.05, 0.1) is 6.26 Å². The van der Waals surface area contributed by atoms with E-state index in [1.54, 1.807) is 0 Å². The number of nitrogens with zero attached hydrogens (tertiary/aromatic N) is 1. The predicted octanol–water partition coefficient (Wildman–Crippen LogP) is 1.35. The Morgan fingerprint density at radius 2 is 2.00 bits per heavy atom. The van der Waals surface area contributed by atoms with Crippen molar-refractivity contribution in [2.45, 2.75) is 51.0 Å². The van der Waals surface area contributed by atoms with Crippen LogP contribution in [0.4, 0.5) is 0 Å². The molecule has 1 N–H and O–H groups in total. The van der Waals surface area contributed by atoms with Crippen molar-refractivity contribution in [3.63, 3.8) is 0 Å². The monoisotopic (exact) mass is 314 g/mol. The number of hydrogen-bond donors (Lipinski definition) is 1. The third-order valence-electron chi connectivity index (χ3n) is 5.55. The van der Waals surface area contributed by atoms with Crippen molar-refractivity contribution >= 4 is 15.9 Å². The van der Waals surface area contributed by atoms with E-state index in [1.807, 2.05) is 4.90 Å². The molecule has 2 bridgehead atoms. The summed E-state index contributed by atoms with van der Waals surface area (Å²) in [6.45, 7) is 1.16. The van der Waals surface area contributed by atoms with Crippen LogP contribution in [0, 0.1) is 17.8 Å². The summed E-state index contributed by atoms with van der Waals surface area (Å²) in [6, 6.07) is 0.0418. The smallest absolute Gasteiger partial charge is 0.226 e. The molecule has 120 valence electrons. The highest BCUT2D eigenvalue weighted by molar-refractivity contribution is 7.88. The maximum absolute atomic E-state index is 12.9. The molecule has 5 nitrogen and oxygen atoms in total.